The SMILES string of the molecule is CCC(CC)n1ncn(-c2ccc3c(=O)n([C@H](C)[C@](O)(Cn4cncn4)c4ccc(F)cc4F)cnc3c2)c1=O. The molecule has 5 aromatic rings. The highest BCUT2D eigenvalue weighted by Crippen LogP contribution is 2.36. The minimum absolute atomic E-state index is 0.0248. The number of rotatable bonds is 9. The molecule has 0 amide bonds. The summed E-state index contributed by atoms with van der Waals surface area (Å²) in [4.78, 5) is 34.9. The van der Waals surface area contributed by atoms with Gasteiger partial charge >= 0.3 is 5.69 Å². The predicted molar refractivity (Wildman–Crippen MR) is 142 cm³/mol. The van der Waals surface area contributed by atoms with Gasteiger partial charge in [-0.05, 0) is 44.0 Å². The normalized spacial score (nSPS) is 14.1. The first kappa shape index (κ1) is 27.1. The molecule has 0 unspecified atom stereocenters. The summed E-state index contributed by atoms with van der Waals surface area (Å²) >= 11 is 0. The van der Waals surface area contributed by atoms with Crippen LogP contribution in [-0.4, -0.2) is 43.8 Å². The van der Waals surface area contributed by atoms with Gasteiger partial charge in [0, 0.05) is 11.6 Å². The van der Waals surface area contributed by atoms with Gasteiger partial charge in [-0.1, -0.05) is 19.9 Å². The number of nitrogens with zero attached hydrogens (tertiary/aromatic N) is 8. The Balaban J connectivity index is 1.57. The van der Waals surface area contributed by atoms with E-state index in [1.807, 2.05) is 13.8 Å². The maximum atomic E-state index is 15.0. The van der Waals surface area contributed by atoms with Crippen LogP contribution in [0.4, 0.5) is 8.78 Å². The molecular weight excluding hydrogens is 522 g/mol. The van der Waals surface area contributed by atoms with Gasteiger partial charge in [0.15, 0.2) is 0 Å². The average Bonchev–Trinajstić information content (AvgIpc) is 3.58. The number of hydrogen-bond donors (Lipinski definition) is 1. The Kier molecular flexibility index (Phi) is 7.15. The molecule has 1 N–H and O–H groups in total. The summed E-state index contributed by atoms with van der Waals surface area (Å²) in [6, 6.07) is 6.51. The average molecular weight is 551 g/mol. The zero-order valence-electron chi connectivity index (χ0n) is 22.1. The molecule has 2 atom stereocenters. The molecule has 0 aliphatic carbocycles. The molecule has 0 spiro atoms. The summed E-state index contributed by atoms with van der Waals surface area (Å²) < 4.78 is 34.0. The number of fused-ring (bicyclic) bond motifs is 1. The van der Waals surface area contributed by atoms with E-state index in [-0.39, 0.29) is 29.2 Å². The Morgan fingerprint density at radius 3 is 2.45 bits per heavy atom. The fourth-order valence-corrected chi connectivity index (χ4v) is 5.00. The highest BCUT2D eigenvalue weighted by atomic mass is 19.1. The summed E-state index contributed by atoms with van der Waals surface area (Å²) in [7, 11) is 0. The Labute approximate surface area is 227 Å². The lowest BCUT2D eigenvalue weighted by molar-refractivity contribution is -0.0343. The van der Waals surface area contributed by atoms with Crippen molar-refractivity contribution >= 4 is 10.9 Å². The number of aliphatic hydroxyl groups is 1. The smallest absolute Gasteiger partial charge is 0.350 e. The molecule has 0 aliphatic heterocycles. The van der Waals surface area contributed by atoms with Gasteiger partial charge in [-0.15, -0.1) is 0 Å². The van der Waals surface area contributed by atoms with E-state index in [0.717, 1.165) is 25.0 Å². The Morgan fingerprint density at radius 1 is 1.00 bits per heavy atom. The van der Waals surface area contributed by atoms with Crippen LogP contribution in [0.25, 0.3) is 16.6 Å². The van der Waals surface area contributed by atoms with Crippen LogP contribution < -0.4 is 11.2 Å². The van der Waals surface area contributed by atoms with Crippen molar-refractivity contribution < 1.29 is 13.9 Å². The minimum Gasteiger partial charge on any atom is -0.381 e. The van der Waals surface area contributed by atoms with E-state index in [1.54, 1.807) is 18.2 Å². The highest BCUT2D eigenvalue weighted by Gasteiger charge is 2.41. The first-order chi connectivity index (χ1) is 19.2. The number of halogens is 2. The van der Waals surface area contributed by atoms with Crippen molar-refractivity contribution in [3.63, 3.8) is 0 Å². The van der Waals surface area contributed by atoms with Crippen LogP contribution in [0, 0.1) is 11.6 Å². The fourth-order valence-electron chi connectivity index (χ4n) is 5.00. The molecule has 40 heavy (non-hydrogen) atoms. The molecule has 2 aromatic carbocycles. The first-order valence-corrected chi connectivity index (χ1v) is 12.9. The molecular formula is C27H28F2N8O3. The third-order valence-electron chi connectivity index (χ3n) is 7.40. The molecule has 3 aromatic heterocycles. The number of aromatic nitrogens is 8. The van der Waals surface area contributed by atoms with Crippen LogP contribution in [0.3, 0.4) is 0 Å². The first-order valence-electron chi connectivity index (χ1n) is 12.9. The van der Waals surface area contributed by atoms with Crippen molar-refractivity contribution in [2.24, 2.45) is 0 Å². The minimum atomic E-state index is -2.04. The van der Waals surface area contributed by atoms with Crippen LogP contribution in [0.15, 0.2) is 71.3 Å². The van der Waals surface area contributed by atoms with Crippen LogP contribution >= 0.6 is 0 Å². The van der Waals surface area contributed by atoms with Crippen LogP contribution in [-0.2, 0) is 12.1 Å². The van der Waals surface area contributed by atoms with Gasteiger partial charge in [0.1, 0.15) is 36.2 Å². The summed E-state index contributed by atoms with van der Waals surface area (Å²) in [6.07, 6.45) is 6.81. The van der Waals surface area contributed by atoms with Crippen LogP contribution in [0.1, 0.15) is 51.3 Å². The summed E-state index contributed by atoms with van der Waals surface area (Å²) in [6.45, 7) is 5.24. The lowest BCUT2D eigenvalue weighted by atomic mass is 9.86. The quantitative estimate of drug-likeness (QED) is 0.299. The van der Waals surface area contributed by atoms with Crippen molar-refractivity contribution in [1.82, 2.24) is 38.7 Å². The third kappa shape index (κ3) is 4.62. The van der Waals surface area contributed by atoms with Gasteiger partial charge in [0.25, 0.3) is 5.56 Å². The van der Waals surface area contributed by atoms with Gasteiger partial charge in [0.2, 0.25) is 0 Å². The van der Waals surface area contributed by atoms with Gasteiger partial charge in [-0.2, -0.15) is 10.2 Å². The maximum Gasteiger partial charge on any atom is 0.350 e. The van der Waals surface area contributed by atoms with E-state index in [1.165, 1.54) is 50.7 Å². The Hall–Kier alpha value is -4.52. The second-order valence-electron chi connectivity index (χ2n) is 9.67. The molecule has 13 heteroatoms. The van der Waals surface area contributed by atoms with Crippen LogP contribution in [0.2, 0.25) is 0 Å². The molecule has 208 valence electrons. The third-order valence-corrected chi connectivity index (χ3v) is 7.40. The number of benzene rings is 2. The molecule has 0 aliphatic rings. The summed E-state index contributed by atoms with van der Waals surface area (Å²) in [5.41, 5.74) is -2.24. The van der Waals surface area contributed by atoms with Crippen molar-refractivity contribution in [2.75, 3.05) is 0 Å². The van der Waals surface area contributed by atoms with Gasteiger partial charge in [0.05, 0.1) is 41.5 Å². The van der Waals surface area contributed by atoms with E-state index >= 15 is 0 Å². The van der Waals surface area contributed by atoms with E-state index in [0.29, 0.717) is 17.3 Å². The summed E-state index contributed by atoms with van der Waals surface area (Å²) in [5, 5.41) is 20.4. The molecule has 0 saturated carbocycles. The molecule has 0 saturated heterocycles. The monoisotopic (exact) mass is 550 g/mol. The maximum absolute atomic E-state index is 15.0. The van der Waals surface area contributed by atoms with E-state index in [9.17, 15) is 23.5 Å². The molecule has 5 rings (SSSR count). The van der Waals surface area contributed by atoms with E-state index in [4.69, 9.17) is 0 Å². The predicted octanol–water partition coefficient (Wildman–Crippen LogP) is 3.12. The van der Waals surface area contributed by atoms with Crippen molar-refractivity contribution in [2.45, 2.75) is 57.8 Å². The van der Waals surface area contributed by atoms with Crippen molar-refractivity contribution in [3.8, 4) is 5.69 Å². The van der Waals surface area contributed by atoms with Gasteiger partial charge in [-0.25, -0.2) is 37.5 Å². The second-order valence-corrected chi connectivity index (χ2v) is 9.67. The largest absolute Gasteiger partial charge is 0.381 e. The van der Waals surface area contributed by atoms with E-state index in [2.05, 4.69) is 20.2 Å². The standard InChI is InChI=1S/C27H28F2N8O3/c1-4-19(5-2)37-26(39)36(16-33-37)20-7-8-21-24(11-20)31-15-35(25(21)38)17(3)27(40,12-34-14-30-13-32-34)22-9-6-18(28)10-23(22)29/h6-11,13-17,19,40H,4-5,12H2,1-3H3/t17-,27-/m1/s1. The Morgan fingerprint density at radius 2 is 1.77 bits per heavy atom. The topological polar surface area (TPSA) is 126 Å². The lowest BCUT2D eigenvalue weighted by Crippen LogP contribution is -2.43. The zero-order valence-corrected chi connectivity index (χ0v) is 22.1. The molecule has 0 fully saturated rings. The number of hydrogen-bond acceptors (Lipinski definition) is 7. The Bertz CT molecular complexity index is 1770. The van der Waals surface area contributed by atoms with Gasteiger partial charge < -0.3 is 5.11 Å². The molecule has 0 radical (unpaired) electrons. The summed E-state index contributed by atoms with van der Waals surface area (Å²) in [5.74, 6) is -1.78. The van der Waals surface area contributed by atoms with E-state index < -0.39 is 28.8 Å². The fraction of sp³-hybridized carbons (Fsp3) is 0.333. The van der Waals surface area contributed by atoms with Crippen molar-refractivity contribution in [1.29, 1.82) is 0 Å². The van der Waals surface area contributed by atoms with Crippen LogP contribution in [0.5, 0.6) is 0 Å². The molecule has 0 bridgehead atoms. The zero-order chi connectivity index (χ0) is 28.6. The second kappa shape index (κ2) is 10.6. The molecule has 11 nitrogen and oxygen atoms in total. The highest BCUT2D eigenvalue weighted by molar-refractivity contribution is 5.79. The van der Waals surface area contributed by atoms with Crippen molar-refractivity contribution in [3.05, 3.63) is 99.7 Å². The van der Waals surface area contributed by atoms with Gasteiger partial charge in [-0.3, -0.25) is 9.36 Å². The lowest BCUT2D eigenvalue weighted by Gasteiger charge is -2.35. The molecule has 3 heterocycles.